The van der Waals surface area contributed by atoms with Crippen molar-refractivity contribution >= 4 is 0 Å². The van der Waals surface area contributed by atoms with Gasteiger partial charge in [-0.3, -0.25) is 0 Å². The van der Waals surface area contributed by atoms with E-state index in [2.05, 4.69) is 6.58 Å². The molecule has 7 heteroatoms. The van der Waals surface area contributed by atoms with E-state index in [0.29, 0.717) is 0 Å². The van der Waals surface area contributed by atoms with Crippen molar-refractivity contribution in [2.24, 2.45) is 0 Å². The molecule has 2 aliphatic heterocycles. The molecule has 0 amide bonds. The number of rotatable bonds is 5. The van der Waals surface area contributed by atoms with Gasteiger partial charge in [-0.1, -0.05) is 6.08 Å². The predicted octanol–water partition coefficient (Wildman–Crippen LogP) is -0.295. The highest BCUT2D eigenvalue weighted by molar-refractivity contribution is 5.02. The van der Waals surface area contributed by atoms with Crippen LogP contribution in [0.1, 0.15) is 33.6 Å². The second-order valence-corrected chi connectivity index (χ2v) is 7.08. The summed E-state index contributed by atoms with van der Waals surface area (Å²) in [5.41, 5.74) is -1.21. The minimum atomic E-state index is -1.45. The van der Waals surface area contributed by atoms with Gasteiger partial charge in [0.05, 0.1) is 23.9 Å². The number of aliphatic hydroxyl groups excluding tert-OH is 4. The number of hydrogen-bond donors (Lipinski definition) is 4. The van der Waals surface area contributed by atoms with Crippen molar-refractivity contribution in [3.05, 3.63) is 12.7 Å². The van der Waals surface area contributed by atoms with Crippen LogP contribution in [-0.4, -0.2) is 75.0 Å². The Morgan fingerprint density at radius 2 is 1.91 bits per heavy atom. The number of ether oxygens (including phenoxy) is 3. The highest BCUT2D eigenvalue weighted by Crippen LogP contribution is 2.38. The molecule has 0 unspecified atom stereocenters. The molecule has 7 atom stereocenters. The summed E-state index contributed by atoms with van der Waals surface area (Å²) >= 11 is 0. The molecule has 0 spiro atoms. The molecule has 2 rings (SSSR count). The second-order valence-electron chi connectivity index (χ2n) is 7.08. The van der Waals surface area contributed by atoms with Crippen molar-refractivity contribution < 1.29 is 34.6 Å². The van der Waals surface area contributed by atoms with Crippen LogP contribution in [0, 0.1) is 0 Å². The fraction of sp³-hybridized carbons (Fsp3) is 0.875. The van der Waals surface area contributed by atoms with Gasteiger partial charge in [-0.2, -0.15) is 0 Å². The topological polar surface area (TPSA) is 109 Å². The summed E-state index contributed by atoms with van der Waals surface area (Å²) in [7, 11) is 0. The molecule has 0 aromatic heterocycles. The Hall–Kier alpha value is -0.540. The smallest absolute Gasteiger partial charge is 0.187 e. The van der Waals surface area contributed by atoms with E-state index < -0.39 is 48.5 Å². The van der Waals surface area contributed by atoms with Gasteiger partial charge >= 0.3 is 0 Å². The van der Waals surface area contributed by atoms with Crippen LogP contribution < -0.4 is 0 Å². The lowest BCUT2D eigenvalue weighted by atomic mass is 9.95. The van der Waals surface area contributed by atoms with E-state index in [1.165, 1.54) is 0 Å². The molecule has 7 nitrogen and oxygen atoms in total. The first kappa shape index (κ1) is 18.8. The van der Waals surface area contributed by atoms with Crippen molar-refractivity contribution in [2.45, 2.75) is 81.6 Å². The van der Waals surface area contributed by atoms with E-state index in [1.54, 1.807) is 6.08 Å². The third-order valence-electron chi connectivity index (χ3n) is 4.79. The van der Waals surface area contributed by atoms with E-state index in [9.17, 15) is 20.4 Å². The number of hydrogen-bond acceptors (Lipinski definition) is 7. The maximum Gasteiger partial charge on any atom is 0.187 e. The highest BCUT2D eigenvalue weighted by atomic mass is 16.7. The summed E-state index contributed by atoms with van der Waals surface area (Å²) in [6.07, 6.45) is -3.34. The fourth-order valence-electron chi connectivity index (χ4n) is 3.04. The van der Waals surface area contributed by atoms with Crippen LogP contribution in [-0.2, 0) is 14.2 Å². The largest absolute Gasteiger partial charge is 0.394 e. The van der Waals surface area contributed by atoms with Crippen molar-refractivity contribution in [1.82, 2.24) is 0 Å². The minimum absolute atomic E-state index is 0.238. The van der Waals surface area contributed by atoms with Gasteiger partial charge < -0.3 is 34.6 Å². The Bertz CT molecular complexity index is 425. The zero-order chi connectivity index (χ0) is 17.4. The maximum atomic E-state index is 10.1. The molecule has 134 valence electrons. The molecular formula is C16H28O7. The van der Waals surface area contributed by atoms with Gasteiger partial charge in [-0.15, -0.1) is 6.58 Å². The molecule has 0 saturated carbocycles. The molecule has 23 heavy (non-hydrogen) atoms. The highest BCUT2D eigenvalue weighted by Gasteiger charge is 2.49. The first-order valence-electron chi connectivity index (χ1n) is 7.93. The normalized spacial score (nSPS) is 45.2. The quantitative estimate of drug-likeness (QED) is 0.512. The van der Waals surface area contributed by atoms with Crippen LogP contribution in [0.2, 0.25) is 0 Å². The molecule has 4 N–H and O–H groups in total. The molecule has 2 fully saturated rings. The third-order valence-corrected chi connectivity index (χ3v) is 4.79. The van der Waals surface area contributed by atoms with Crippen molar-refractivity contribution in [2.75, 3.05) is 6.61 Å². The van der Waals surface area contributed by atoms with E-state index in [4.69, 9.17) is 14.2 Å². The molecule has 0 bridgehead atoms. The van der Waals surface area contributed by atoms with Gasteiger partial charge in [0.25, 0.3) is 0 Å². The van der Waals surface area contributed by atoms with Gasteiger partial charge in [-0.25, -0.2) is 0 Å². The van der Waals surface area contributed by atoms with Crippen LogP contribution in [0.25, 0.3) is 0 Å². The van der Waals surface area contributed by atoms with Gasteiger partial charge in [0, 0.05) is 0 Å². The summed E-state index contributed by atoms with van der Waals surface area (Å²) in [4.78, 5) is 0. The van der Waals surface area contributed by atoms with E-state index in [0.717, 1.165) is 12.8 Å². The molecule has 0 radical (unpaired) electrons. The zero-order valence-corrected chi connectivity index (χ0v) is 13.9. The summed E-state index contributed by atoms with van der Waals surface area (Å²) in [6, 6.07) is 0. The first-order valence-corrected chi connectivity index (χ1v) is 7.93. The fourth-order valence-corrected chi connectivity index (χ4v) is 3.04. The van der Waals surface area contributed by atoms with Crippen LogP contribution in [0.15, 0.2) is 12.7 Å². The van der Waals surface area contributed by atoms with Crippen molar-refractivity contribution in [3.8, 4) is 0 Å². The molecule has 0 aliphatic carbocycles. The van der Waals surface area contributed by atoms with Crippen LogP contribution in [0.5, 0.6) is 0 Å². The lowest BCUT2D eigenvalue weighted by molar-refractivity contribution is -0.332. The van der Waals surface area contributed by atoms with Gasteiger partial charge in [0.2, 0.25) is 0 Å². The Balaban J connectivity index is 2.06. The average Bonchev–Trinajstić information content (AvgIpc) is 2.92. The number of aliphatic hydroxyl groups is 4. The van der Waals surface area contributed by atoms with Crippen molar-refractivity contribution in [1.29, 1.82) is 0 Å². The first-order chi connectivity index (χ1) is 10.6. The molecule has 0 aromatic rings. The standard InChI is InChI=1S/C16H28O7/c1-5-16(4)7-6-10(22-16)15(2,3)23-14-13(20)12(19)11(18)9(8-17)21-14/h5,9-14,17-20H,1,6-8H2,2-4H3/t9-,10+,11-,12+,13-,14+,16-/m1/s1. The molecule has 2 aliphatic rings. The average molecular weight is 332 g/mol. The Kier molecular flexibility index (Phi) is 5.52. The Morgan fingerprint density at radius 1 is 1.26 bits per heavy atom. The lowest BCUT2D eigenvalue weighted by Gasteiger charge is -2.44. The van der Waals surface area contributed by atoms with Gasteiger partial charge in [-0.05, 0) is 33.6 Å². The summed E-state index contributed by atoms with van der Waals surface area (Å²) < 4.78 is 17.2. The Morgan fingerprint density at radius 3 is 2.43 bits per heavy atom. The van der Waals surface area contributed by atoms with Crippen LogP contribution >= 0.6 is 0 Å². The monoisotopic (exact) mass is 332 g/mol. The summed E-state index contributed by atoms with van der Waals surface area (Å²) in [5, 5.41) is 38.9. The van der Waals surface area contributed by atoms with E-state index in [1.807, 2.05) is 20.8 Å². The SMILES string of the molecule is C=C[C@]1(C)CC[C@@H](C(C)(C)O[C@@H]2O[C@H](CO)[C@@H](O)[C@H](O)[C@H]2O)O1. The molecule has 0 aromatic carbocycles. The van der Waals surface area contributed by atoms with Gasteiger partial charge in [0.15, 0.2) is 6.29 Å². The van der Waals surface area contributed by atoms with Gasteiger partial charge in [0.1, 0.15) is 24.4 Å². The maximum absolute atomic E-state index is 10.1. The summed E-state index contributed by atoms with van der Waals surface area (Å²) in [5.74, 6) is 0. The second kappa shape index (κ2) is 6.76. The van der Waals surface area contributed by atoms with Crippen molar-refractivity contribution in [3.63, 3.8) is 0 Å². The van der Waals surface area contributed by atoms with Crippen LogP contribution in [0.3, 0.4) is 0 Å². The third kappa shape index (κ3) is 3.76. The molecular weight excluding hydrogens is 304 g/mol. The van der Waals surface area contributed by atoms with E-state index in [-0.39, 0.29) is 6.10 Å². The van der Waals surface area contributed by atoms with Crippen LogP contribution in [0.4, 0.5) is 0 Å². The Labute approximate surface area is 136 Å². The zero-order valence-electron chi connectivity index (χ0n) is 13.9. The lowest BCUT2D eigenvalue weighted by Crippen LogP contribution is -2.61. The minimum Gasteiger partial charge on any atom is -0.394 e. The summed E-state index contributed by atoms with van der Waals surface area (Å²) in [6.45, 7) is 8.87. The predicted molar refractivity (Wildman–Crippen MR) is 81.6 cm³/mol. The molecule has 2 heterocycles. The van der Waals surface area contributed by atoms with E-state index >= 15 is 0 Å². The molecule has 2 saturated heterocycles.